The molecule has 1 aliphatic rings. The molecule has 0 atom stereocenters. The Bertz CT molecular complexity index is 526. The normalized spacial score (nSPS) is 16.8. The molecule has 1 fully saturated rings. The standard InChI is InChI=1S/C18H30FN5.HI/c1-20-18(22-15-16-7-3-4-8-17(16)19)21-9-5-11-24-12-6-10-23(2)13-14-24;/h3-4,7-8H,5-6,9-15H2,1-2H3,(H2,20,21,22);1H. The maximum atomic E-state index is 13.6. The Balaban J connectivity index is 0.00000312. The lowest BCUT2D eigenvalue weighted by atomic mass is 10.2. The predicted molar refractivity (Wildman–Crippen MR) is 113 cm³/mol. The van der Waals surface area contributed by atoms with E-state index in [9.17, 15) is 4.39 Å². The molecule has 0 saturated carbocycles. The van der Waals surface area contributed by atoms with Gasteiger partial charge in [0.15, 0.2) is 5.96 Å². The van der Waals surface area contributed by atoms with Crippen molar-refractivity contribution >= 4 is 29.9 Å². The third kappa shape index (κ3) is 8.33. The highest BCUT2D eigenvalue weighted by Crippen LogP contribution is 2.05. The maximum Gasteiger partial charge on any atom is 0.191 e. The summed E-state index contributed by atoms with van der Waals surface area (Å²) in [6.45, 7) is 7.08. The van der Waals surface area contributed by atoms with Gasteiger partial charge in [-0.05, 0) is 45.6 Å². The molecule has 0 aliphatic carbocycles. The number of guanidine groups is 1. The molecule has 1 heterocycles. The predicted octanol–water partition coefficient (Wildman–Crippen LogP) is 2.14. The van der Waals surface area contributed by atoms with Gasteiger partial charge in [-0.2, -0.15) is 0 Å². The lowest BCUT2D eigenvalue weighted by molar-refractivity contribution is 0.274. The number of nitrogens with zero attached hydrogens (tertiary/aromatic N) is 3. The topological polar surface area (TPSA) is 42.9 Å². The number of nitrogens with one attached hydrogen (secondary N) is 2. The van der Waals surface area contributed by atoms with Crippen LogP contribution >= 0.6 is 24.0 Å². The second-order valence-electron chi connectivity index (χ2n) is 6.30. The molecule has 0 bridgehead atoms. The molecular weight excluding hydrogens is 432 g/mol. The molecule has 0 radical (unpaired) electrons. The van der Waals surface area contributed by atoms with Crippen LogP contribution in [0, 0.1) is 5.82 Å². The molecule has 1 aromatic carbocycles. The molecule has 5 nitrogen and oxygen atoms in total. The van der Waals surface area contributed by atoms with Crippen molar-refractivity contribution in [1.29, 1.82) is 0 Å². The minimum absolute atomic E-state index is 0. The fraction of sp³-hybridized carbons (Fsp3) is 0.611. The summed E-state index contributed by atoms with van der Waals surface area (Å²) in [6, 6.07) is 6.80. The lowest BCUT2D eigenvalue weighted by Crippen LogP contribution is -2.38. The van der Waals surface area contributed by atoms with Crippen molar-refractivity contribution in [1.82, 2.24) is 20.4 Å². The van der Waals surface area contributed by atoms with Gasteiger partial charge in [0, 0.05) is 38.8 Å². The number of hydrogen-bond donors (Lipinski definition) is 2. The first-order valence-electron chi connectivity index (χ1n) is 8.78. The molecule has 0 amide bonds. The van der Waals surface area contributed by atoms with E-state index in [2.05, 4.69) is 32.5 Å². The zero-order valence-corrected chi connectivity index (χ0v) is 17.6. The molecule has 1 saturated heterocycles. The van der Waals surface area contributed by atoms with Crippen LogP contribution in [0.4, 0.5) is 4.39 Å². The van der Waals surface area contributed by atoms with Crippen molar-refractivity contribution in [3.8, 4) is 0 Å². The Kier molecular flexibility index (Phi) is 11.0. The molecule has 7 heteroatoms. The summed E-state index contributed by atoms with van der Waals surface area (Å²) in [6.07, 6.45) is 2.32. The van der Waals surface area contributed by atoms with Gasteiger partial charge in [0.1, 0.15) is 5.82 Å². The van der Waals surface area contributed by atoms with E-state index in [4.69, 9.17) is 0 Å². The van der Waals surface area contributed by atoms with Crippen LogP contribution < -0.4 is 10.6 Å². The van der Waals surface area contributed by atoms with Crippen LogP contribution in [0.3, 0.4) is 0 Å². The summed E-state index contributed by atoms with van der Waals surface area (Å²) in [5.74, 6) is 0.528. The highest BCUT2D eigenvalue weighted by molar-refractivity contribution is 14.0. The lowest BCUT2D eigenvalue weighted by Gasteiger charge is -2.20. The molecule has 0 aromatic heterocycles. The minimum Gasteiger partial charge on any atom is -0.356 e. The average molecular weight is 463 g/mol. The summed E-state index contributed by atoms with van der Waals surface area (Å²) in [7, 11) is 3.93. The van der Waals surface area contributed by atoms with E-state index in [1.54, 1.807) is 19.2 Å². The van der Waals surface area contributed by atoms with Crippen molar-refractivity contribution in [3.05, 3.63) is 35.6 Å². The second-order valence-corrected chi connectivity index (χ2v) is 6.30. The van der Waals surface area contributed by atoms with Crippen LogP contribution in [0.2, 0.25) is 0 Å². The summed E-state index contributed by atoms with van der Waals surface area (Å²) < 4.78 is 13.6. The monoisotopic (exact) mass is 463 g/mol. The van der Waals surface area contributed by atoms with Crippen LogP contribution in [0.5, 0.6) is 0 Å². The molecule has 1 aromatic rings. The third-order valence-electron chi connectivity index (χ3n) is 4.38. The first kappa shape index (κ1) is 22.1. The summed E-state index contributed by atoms with van der Waals surface area (Å²) in [5, 5.41) is 6.46. The molecule has 1 aliphatic heterocycles. The minimum atomic E-state index is -0.188. The largest absolute Gasteiger partial charge is 0.356 e. The van der Waals surface area contributed by atoms with Crippen molar-refractivity contribution in [2.75, 3.05) is 53.4 Å². The molecule has 0 spiro atoms. The van der Waals surface area contributed by atoms with E-state index in [0.29, 0.717) is 18.1 Å². The van der Waals surface area contributed by atoms with Crippen molar-refractivity contribution in [2.24, 2.45) is 4.99 Å². The van der Waals surface area contributed by atoms with Crippen LogP contribution in [-0.4, -0.2) is 69.1 Å². The quantitative estimate of drug-likeness (QED) is 0.294. The van der Waals surface area contributed by atoms with Gasteiger partial charge in [-0.1, -0.05) is 18.2 Å². The van der Waals surface area contributed by atoms with Crippen molar-refractivity contribution in [3.63, 3.8) is 0 Å². The fourth-order valence-electron chi connectivity index (χ4n) is 2.87. The van der Waals surface area contributed by atoms with E-state index in [1.807, 2.05) is 6.07 Å². The van der Waals surface area contributed by atoms with Crippen molar-refractivity contribution in [2.45, 2.75) is 19.4 Å². The van der Waals surface area contributed by atoms with Gasteiger partial charge in [0.05, 0.1) is 0 Å². The Hall–Kier alpha value is -0.930. The SMILES string of the molecule is CN=C(NCCCN1CCCN(C)CC1)NCc1ccccc1F.I. The number of halogens is 2. The highest BCUT2D eigenvalue weighted by Gasteiger charge is 2.11. The fourth-order valence-corrected chi connectivity index (χ4v) is 2.87. The molecule has 25 heavy (non-hydrogen) atoms. The van der Waals surface area contributed by atoms with Gasteiger partial charge >= 0.3 is 0 Å². The summed E-state index contributed by atoms with van der Waals surface area (Å²) in [5.41, 5.74) is 0.647. The number of benzene rings is 1. The highest BCUT2D eigenvalue weighted by atomic mass is 127. The molecule has 142 valence electrons. The van der Waals surface area contributed by atoms with E-state index in [1.165, 1.54) is 25.6 Å². The Morgan fingerprint density at radius 2 is 1.96 bits per heavy atom. The Morgan fingerprint density at radius 3 is 2.72 bits per heavy atom. The zero-order chi connectivity index (χ0) is 17.2. The zero-order valence-electron chi connectivity index (χ0n) is 15.3. The number of hydrogen-bond acceptors (Lipinski definition) is 3. The summed E-state index contributed by atoms with van der Waals surface area (Å²) in [4.78, 5) is 9.12. The van der Waals surface area contributed by atoms with E-state index in [-0.39, 0.29) is 29.8 Å². The first-order chi connectivity index (χ1) is 11.7. The van der Waals surface area contributed by atoms with Gasteiger partial charge < -0.3 is 20.4 Å². The smallest absolute Gasteiger partial charge is 0.191 e. The maximum absolute atomic E-state index is 13.6. The Labute approximate surface area is 168 Å². The van der Waals surface area contributed by atoms with Crippen LogP contribution in [-0.2, 0) is 6.54 Å². The Morgan fingerprint density at radius 1 is 1.16 bits per heavy atom. The van der Waals surface area contributed by atoms with Gasteiger partial charge in [-0.3, -0.25) is 4.99 Å². The van der Waals surface area contributed by atoms with Crippen molar-refractivity contribution < 1.29 is 4.39 Å². The van der Waals surface area contributed by atoms with Crippen LogP contribution in [0.15, 0.2) is 29.3 Å². The van der Waals surface area contributed by atoms with Crippen LogP contribution in [0.1, 0.15) is 18.4 Å². The average Bonchev–Trinajstić information content (AvgIpc) is 2.80. The second kappa shape index (κ2) is 12.4. The number of rotatable bonds is 6. The number of aliphatic imine (C=N–C) groups is 1. The molecule has 2 rings (SSSR count). The van der Waals surface area contributed by atoms with Gasteiger partial charge in [-0.25, -0.2) is 4.39 Å². The molecule has 2 N–H and O–H groups in total. The van der Waals surface area contributed by atoms with Crippen LogP contribution in [0.25, 0.3) is 0 Å². The van der Waals surface area contributed by atoms with Gasteiger partial charge in [-0.15, -0.1) is 24.0 Å². The van der Waals surface area contributed by atoms with E-state index >= 15 is 0 Å². The molecular formula is C18H31FIN5. The van der Waals surface area contributed by atoms with Gasteiger partial charge in [0.2, 0.25) is 0 Å². The van der Waals surface area contributed by atoms with Gasteiger partial charge in [0.25, 0.3) is 0 Å². The third-order valence-corrected chi connectivity index (χ3v) is 4.38. The first-order valence-corrected chi connectivity index (χ1v) is 8.78. The van der Waals surface area contributed by atoms with E-state index < -0.39 is 0 Å². The van der Waals surface area contributed by atoms with E-state index in [0.717, 1.165) is 32.6 Å². The summed E-state index contributed by atoms with van der Waals surface area (Å²) >= 11 is 0. The number of likely N-dealkylation sites (N-methyl/N-ethyl adjacent to an activating group) is 1. The molecule has 0 unspecified atom stereocenters.